The molecule has 0 aliphatic heterocycles. The Morgan fingerprint density at radius 3 is 2.50 bits per heavy atom. The Bertz CT molecular complexity index is 399. The van der Waals surface area contributed by atoms with Gasteiger partial charge in [-0.05, 0) is 30.2 Å². The summed E-state index contributed by atoms with van der Waals surface area (Å²) in [6.45, 7) is 4.31. The van der Waals surface area contributed by atoms with Crippen molar-refractivity contribution in [3.63, 3.8) is 0 Å². The Hall–Kier alpha value is -1.05. The summed E-state index contributed by atoms with van der Waals surface area (Å²) in [7, 11) is 1.88. The molecule has 0 radical (unpaired) electrons. The molecule has 0 unspecified atom stereocenters. The Morgan fingerprint density at radius 2 is 2.00 bits per heavy atom. The highest BCUT2D eigenvalue weighted by molar-refractivity contribution is 5.30. The van der Waals surface area contributed by atoms with Gasteiger partial charge >= 0.3 is 0 Å². The van der Waals surface area contributed by atoms with Gasteiger partial charge in [-0.15, -0.1) is 0 Å². The molecule has 0 spiro atoms. The maximum absolute atomic E-state index is 11.5. The smallest absolute Gasteiger partial charge is 0.250 e. The van der Waals surface area contributed by atoms with Crippen molar-refractivity contribution in [2.75, 3.05) is 0 Å². The largest absolute Gasteiger partial charge is 0.315 e. The van der Waals surface area contributed by atoms with E-state index in [2.05, 4.69) is 13.8 Å². The van der Waals surface area contributed by atoms with Gasteiger partial charge in [0.15, 0.2) is 0 Å². The number of nitrogens with zero attached hydrogens (tertiary/aromatic N) is 1. The number of hydrogen-bond acceptors (Lipinski definition) is 1. The minimum Gasteiger partial charge on any atom is -0.315 e. The molecule has 1 aromatic rings. The summed E-state index contributed by atoms with van der Waals surface area (Å²) in [5.74, 6) is 1.16. The van der Waals surface area contributed by atoms with Crippen LogP contribution >= 0.6 is 0 Å². The predicted octanol–water partition coefficient (Wildman–Crippen LogP) is 2.39. The van der Waals surface area contributed by atoms with Gasteiger partial charge in [-0.2, -0.15) is 0 Å². The highest BCUT2D eigenvalue weighted by Crippen LogP contribution is 2.42. The highest BCUT2D eigenvalue weighted by Gasteiger charge is 2.27. The molecule has 1 heterocycles. The van der Waals surface area contributed by atoms with E-state index in [9.17, 15) is 4.79 Å². The molecule has 0 atom stereocenters. The SMILES string of the molecule is CC(C)c1c(C2CC2)ccc(=O)n1C. The average molecular weight is 191 g/mol. The Morgan fingerprint density at radius 1 is 1.36 bits per heavy atom. The second kappa shape index (κ2) is 3.26. The van der Waals surface area contributed by atoms with E-state index in [1.165, 1.54) is 24.1 Å². The summed E-state index contributed by atoms with van der Waals surface area (Å²) in [6, 6.07) is 3.72. The molecular formula is C12H17NO. The van der Waals surface area contributed by atoms with Crippen LogP contribution in [0.2, 0.25) is 0 Å². The fraction of sp³-hybridized carbons (Fsp3) is 0.583. The molecule has 1 aliphatic carbocycles. The van der Waals surface area contributed by atoms with Crippen LogP contribution in [0.25, 0.3) is 0 Å². The first-order chi connectivity index (χ1) is 6.61. The molecule has 2 rings (SSSR count). The fourth-order valence-corrected chi connectivity index (χ4v) is 2.13. The van der Waals surface area contributed by atoms with Gasteiger partial charge in [-0.1, -0.05) is 19.9 Å². The summed E-state index contributed by atoms with van der Waals surface area (Å²) in [5, 5.41) is 0. The standard InChI is InChI=1S/C12H17NO/c1-8(2)12-10(9-4-5-9)6-7-11(14)13(12)3/h6-9H,4-5H2,1-3H3. The van der Waals surface area contributed by atoms with Crippen LogP contribution in [-0.2, 0) is 7.05 Å². The van der Waals surface area contributed by atoms with E-state index in [0.29, 0.717) is 5.92 Å². The zero-order valence-corrected chi connectivity index (χ0v) is 9.08. The van der Waals surface area contributed by atoms with Crippen molar-refractivity contribution in [3.8, 4) is 0 Å². The molecule has 0 amide bonds. The molecule has 1 saturated carbocycles. The normalized spacial score (nSPS) is 16.3. The van der Waals surface area contributed by atoms with Crippen LogP contribution in [0.1, 0.15) is 49.8 Å². The second-order valence-corrected chi connectivity index (χ2v) is 4.50. The van der Waals surface area contributed by atoms with E-state index in [4.69, 9.17) is 0 Å². The molecule has 0 bridgehead atoms. The predicted molar refractivity (Wildman–Crippen MR) is 57.7 cm³/mol. The number of rotatable bonds is 2. The minimum atomic E-state index is 0.109. The van der Waals surface area contributed by atoms with Gasteiger partial charge in [0.25, 0.3) is 0 Å². The van der Waals surface area contributed by atoms with Gasteiger partial charge in [0.2, 0.25) is 5.56 Å². The molecule has 76 valence electrons. The van der Waals surface area contributed by atoms with Crippen molar-refractivity contribution in [1.82, 2.24) is 4.57 Å². The van der Waals surface area contributed by atoms with Gasteiger partial charge in [0.1, 0.15) is 0 Å². The van der Waals surface area contributed by atoms with Crippen LogP contribution in [0.4, 0.5) is 0 Å². The third kappa shape index (κ3) is 1.49. The van der Waals surface area contributed by atoms with E-state index < -0.39 is 0 Å². The lowest BCUT2D eigenvalue weighted by Gasteiger charge is -2.16. The van der Waals surface area contributed by atoms with Crippen LogP contribution in [0, 0.1) is 0 Å². The van der Waals surface area contributed by atoms with Gasteiger partial charge in [-0.25, -0.2) is 0 Å². The van der Waals surface area contributed by atoms with E-state index in [0.717, 1.165) is 5.92 Å². The first-order valence-electron chi connectivity index (χ1n) is 5.31. The van der Waals surface area contributed by atoms with Crippen LogP contribution in [-0.4, -0.2) is 4.57 Å². The van der Waals surface area contributed by atoms with E-state index >= 15 is 0 Å². The van der Waals surface area contributed by atoms with Crippen LogP contribution < -0.4 is 5.56 Å². The Kier molecular flexibility index (Phi) is 2.22. The van der Waals surface area contributed by atoms with Gasteiger partial charge in [0.05, 0.1) is 0 Å². The average Bonchev–Trinajstić information content (AvgIpc) is 2.91. The summed E-state index contributed by atoms with van der Waals surface area (Å²) < 4.78 is 1.80. The minimum absolute atomic E-state index is 0.109. The van der Waals surface area contributed by atoms with E-state index in [1.807, 2.05) is 13.1 Å². The number of pyridine rings is 1. The lowest BCUT2D eigenvalue weighted by atomic mass is 10.00. The summed E-state index contributed by atoms with van der Waals surface area (Å²) in [4.78, 5) is 11.5. The summed E-state index contributed by atoms with van der Waals surface area (Å²) in [5.41, 5.74) is 2.72. The Balaban J connectivity index is 2.59. The van der Waals surface area contributed by atoms with Crippen molar-refractivity contribution in [3.05, 3.63) is 33.7 Å². The topological polar surface area (TPSA) is 22.0 Å². The van der Waals surface area contributed by atoms with Gasteiger partial charge in [-0.3, -0.25) is 4.79 Å². The fourth-order valence-electron chi connectivity index (χ4n) is 2.13. The van der Waals surface area contributed by atoms with Crippen LogP contribution in [0.3, 0.4) is 0 Å². The van der Waals surface area contributed by atoms with Crippen molar-refractivity contribution in [2.24, 2.45) is 7.05 Å². The molecule has 1 fully saturated rings. The maximum atomic E-state index is 11.5. The van der Waals surface area contributed by atoms with Crippen molar-refractivity contribution in [1.29, 1.82) is 0 Å². The molecule has 1 aromatic heterocycles. The van der Waals surface area contributed by atoms with Gasteiger partial charge in [0, 0.05) is 18.8 Å². The van der Waals surface area contributed by atoms with Crippen molar-refractivity contribution < 1.29 is 0 Å². The molecule has 0 saturated heterocycles. The van der Waals surface area contributed by atoms with Crippen molar-refractivity contribution >= 4 is 0 Å². The zero-order chi connectivity index (χ0) is 10.3. The summed E-state index contributed by atoms with van der Waals surface area (Å²) in [6.07, 6.45) is 2.58. The molecule has 0 N–H and O–H groups in total. The number of hydrogen-bond donors (Lipinski definition) is 0. The van der Waals surface area contributed by atoms with Crippen LogP contribution in [0.5, 0.6) is 0 Å². The Labute approximate surface area is 84.6 Å². The van der Waals surface area contributed by atoms with Crippen molar-refractivity contribution in [2.45, 2.75) is 38.5 Å². The lowest BCUT2D eigenvalue weighted by Crippen LogP contribution is -2.21. The molecule has 2 heteroatoms. The molecular weight excluding hydrogens is 174 g/mol. The third-order valence-electron chi connectivity index (χ3n) is 2.96. The monoisotopic (exact) mass is 191 g/mol. The van der Waals surface area contributed by atoms with Crippen LogP contribution in [0.15, 0.2) is 16.9 Å². The van der Waals surface area contributed by atoms with Gasteiger partial charge < -0.3 is 4.57 Å². The van der Waals surface area contributed by atoms with E-state index in [-0.39, 0.29) is 5.56 Å². The first kappa shape index (κ1) is 9.50. The maximum Gasteiger partial charge on any atom is 0.250 e. The molecule has 1 aliphatic rings. The third-order valence-corrected chi connectivity index (χ3v) is 2.96. The van der Waals surface area contributed by atoms with E-state index in [1.54, 1.807) is 10.6 Å². The second-order valence-electron chi connectivity index (χ2n) is 4.50. The first-order valence-corrected chi connectivity index (χ1v) is 5.31. The molecule has 2 nitrogen and oxygen atoms in total. The lowest BCUT2D eigenvalue weighted by molar-refractivity contribution is 0.689. The summed E-state index contributed by atoms with van der Waals surface area (Å²) >= 11 is 0. The molecule has 0 aromatic carbocycles. The quantitative estimate of drug-likeness (QED) is 0.703. The zero-order valence-electron chi connectivity index (χ0n) is 9.08. The number of aromatic nitrogens is 1. The molecule has 14 heavy (non-hydrogen) atoms. The highest BCUT2D eigenvalue weighted by atomic mass is 16.1.